The van der Waals surface area contributed by atoms with E-state index in [4.69, 9.17) is 0 Å². The monoisotopic (exact) mass is 366 g/mol. The minimum absolute atomic E-state index is 0.0246. The predicted octanol–water partition coefficient (Wildman–Crippen LogP) is 3.13. The standard InChI is InChI=1S/C19H30N2O3S/c1-13(2)16(5)20-19(22)17-7-6-8-18(10-17)25(23,24)21-11-14(3)9-15(4)12-21/h6-8,10,13-16H,9,11-12H2,1-5H3,(H,20,22). The molecule has 0 bridgehead atoms. The van der Waals surface area contributed by atoms with Crippen molar-refractivity contribution in [3.63, 3.8) is 0 Å². The molecule has 1 fully saturated rings. The molecule has 1 amide bonds. The van der Waals surface area contributed by atoms with Crippen molar-refractivity contribution in [3.05, 3.63) is 29.8 Å². The van der Waals surface area contributed by atoms with Gasteiger partial charge in [0.15, 0.2) is 0 Å². The molecule has 1 saturated heterocycles. The molecule has 0 aromatic heterocycles. The molecule has 2 rings (SSSR count). The number of carbonyl (C=O) groups is 1. The van der Waals surface area contributed by atoms with E-state index < -0.39 is 10.0 Å². The second-order valence-electron chi connectivity index (χ2n) is 7.80. The quantitative estimate of drug-likeness (QED) is 0.871. The van der Waals surface area contributed by atoms with E-state index in [-0.39, 0.29) is 16.8 Å². The van der Waals surface area contributed by atoms with E-state index in [1.165, 1.54) is 6.07 Å². The number of nitrogens with zero attached hydrogens (tertiary/aromatic N) is 1. The highest BCUT2D eigenvalue weighted by Crippen LogP contribution is 2.27. The van der Waals surface area contributed by atoms with Crippen LogP contribution >= 0.6 is 0 Å². The molecule has 1 aliphatic heterocycles. The normalized spacial score (nSPS) is 23.4. The predicted molar refractivity (Wildman–Crippen MR) is 99.9 cm³/mol. The fourth-order valence-electron chi connectivity index (χ4n) is 3.21. The van der Waals surface area contributed by atoms with Gasteiger partial charge in [0.1, 0.15) is 0 Å². The van der Waals surface area contributed by atoms with Crippen molar-refractivity contribution in [1.82, 2.24) is 9.62 Å². The van der Waals surface area contributed by atoms with E-state index in [2.05, 4.69) is 19.2 Å². The summed E-state index contributed by atoms with van der Waals surface area (Å²) in [5.41, 5.74) is 0.381. The van der Waals surface area contributed by atoms with Gasteiger partial charge in [-0.1, -0.05) is 33.8 Å². The Labute approximate surface area is 151 Å². The Morgan fingerprint density at radius 3 is 2.32 bits per heavy atom. The van der Waals surface area contributed by atoms with Crippen LogP contribution in [0.2, 0.25) is 0 Å². The van der Waals surface area contributed by atoms with Crippen LogP contribution in [0.4, 0.5) is 0 Å². The first-order valence-electron chi connectivity index (χ1n) is 9.02. The van der Waals surface area contributed by atoms with Crippen LogP contribution in [0.15, 0.2) is 29.2 Å². The molecular weight excluding hydrogens is 336 g/mol. The lowest BCUT2D eigenvalue weighted by Crippen LogP contribution is -2.42. The Bertz CT molecular complexity index is 705. The minimum Gasteiger partial charge on any atom is -0.349 e. The molecule has 3 unspecified atom stereocenters. The smallest absolute Gasteiger partial charge is 0.251 e. The molecule has 1 aromatic carbocycles. The fourth-order valence-corrected chi connectivity index (χ4v) is 4.93. The lowest BCUT2D eigenvalue weighted by Gasteiger charge is -2.34. The van der Waals surface area contributed by atoms with Gasteiger partial charge in [-0.15, -0.1) is 0 Å². The van der Waals surface area contributed by atoms with Crippen molar-refractivity contribution in [2.24, 2.45) is 17.8 Å². The molecule has 0 aliphatic carbocycles. The maximum Gasteiger partial charge on any atom is 0.251 e. The number of amides is 1. The van der Waals surface area contributed by atoms with Gasteiger partial charge in [-0.25, -0.2) is 8.42 Å². The number of rotatable bonds is 5. The van der Waals surface area contributed by atoms with Crippen LogP contribution in [0.3, 0.4) is 0 Å². The summed E-state index contributed by atoms with van der Waals surface area (Å²) in [5, 5.41) is 2.92. The van der Waals surface area contributed by atoms with Gasteiger partial charge in [0.05, 0.1) is 4.90 Å². The van der Waals surface area contributed by atoms with Crippen molar-refractivity contribution in [3.8, 4) is 0 Å². The van der Waals surface area contributed by atoms with Crippen molar-refractivity contribution in [2.45, 2.75) is 52.0 Å². The second kappa shape index (κ2) is 7.87. The number of hydrogen-bond acceptors (Lipinski definition) is 3. The zero-order valence-corrected chi connectivity index (χ0v) is 16.6. The van der Waals surface area contributed by atoms with Crippen molar-refractivity contribution in [2.75, 3.05) is 13.1 Å². The molecule has 25 heavy (non-hydrogen) atoms. The Balaban J connectivity index is 2.23. The highest BCUT2D eigenvalue weighted by atomic mass is 32.2. The number of benzene rings is 1. The third-order valence-corrected chi connectivity index (χ3v) is 6.76. The number of sulfonamides is 1. The van der Waals surface area contributed by atoms with E-state index in [0.29, 0.717) is 36.4 Å². The van der Waals surface area contributed by atoms with Gasteiger partial charge in [-0.2, -0.15) is 4.31 Å². The fraction of sp³-hybridized carbons (Fsp3) is 0.632. The average molecular weight is 367 g/mol. The van der Waals surface area contributed by atoms with Gasteiger partial charge in [0, 0.05) is 24.7 Å². The van der Waals surface area contributed by atoms with E-state index in [1.807, 2.05) is 20.8 Å². The van der Waals surface area contributed by atoms with Crippen LogP contribution in [0.5, 0.6) is 0 Å². The Hall–Kier alpha value is -1.40. The van der Waals surface area contributed by atoms with Crippen LogP contribution in [-0.2, 0) is 10.0 Å². The number of piperidine rings is 1. The number of hydrogen-bond donors (Lipinski definition) is 1. The van der Waals surface area contributed by atoms with Crippen LogP contribution in [0, 0.1) is 17.8 Å². The van der Waals surface area contributed by atoms with Gasteiger partial charge in [-0.05, 0) is 49.3 Å². The molecule has 1 heterocycles. The van der Waals surface area contributed by atoms with E-state index in [0.717, 1.165) is 6.42 Å². The first-order chi connectivity index (χ1) is 11.6. The van der Waals surface area contributed by atoms with E-state index in [9.17, 15) is 13.2 Å². The molecular formula is C19H30N2O3S. The average Bonchev–Trinajstić information content (AvgIpc) is 2.53. The third kappa shape index (κ3) is 4.82. The van der Waals surface area contributed by atoms with Gasteiger partial charge >= 0.3 is 0 Å². The van der Waals surface area contributed by atoms with Gasteiger partial charge in [0.25, 0.3) is 5.91 Å². The van der Waals surface area contributed by atoms with Gasteiger partial charge < -0.3 is 5.32 Å². The Morgan fingerprint density at radius 2 is 1.76 bits per heavy atom. The molecule has 0 radical (unpaired) electrons. The number of nitrogens with one attached hydrogen (secondary N) is 1. The van der Waals surface area contributed by atoms with Crippen molar-refractivity contribution in [1.29, 1.82) is 0 Å². The Kier molecular flexibility index (Phi) is 6.27. The molecule has 0 saturated carbocycles. The summed E-state index contributed by atoms with van der Waals surface area (Å²) in [4.78, 5) is 12.6. The van der Waals surface area contributed by atoms with Crippen LogP contribution in [0.25, 0.3) is 0 Å². The second-order valence-corrected chi connectivity index (χ2v) is 9.74. The summed E-state index contributed by atoms with van der Waals surface area (Å²) in [7, 11) is -3.58. The topological polar surface area (TPSA) is 66.5 Å². The molecule has 1 aromatic rings. The first kappa shape index (κ1) is 19.9. The van der Waals surface area contributed by atoms with Crippen LogP contribution < -0.4 is 5.32 Å². The van der Waals surface area contributed by atoms with E-state index >= 15 is 0 Å². The lowest BCUT2D eigenvalue weighted by molar-refractivity contribution is 0.0930. The SMILES string of the molecule is CC1CC(C)CN(S(=O)(=O)c2cccc(C(=O)NC(C)C(C)C)c2)C1. The molecule has 5 nitrogen and oxygen atoms in total. The molecule has 3 atom stereocenters. The molecule has 140 valence electrons. The molecule has 0 spiro atoms. The van der Waals surface area contributed by atoms with Crippen LogP contribution in [-0.4, -0.2) is 37.8 Å². The first-order valence-corrected chi connectivity index (χ1v) is 10.5. The Morgan fingerprint density at radius 1 is 1.16 bits per heavy atom. The van der Waals surface area contributed by atoms with Crippen molar-refractivity contribution < 1.29 is 13.2 Å². The van der Waals surface area contributed by atoms with Crippen molar-refractivity contribution >= 4 is 15.9 Å². The summed E-state index contributed by atoms with van der Waals surface area (Å²) in [5.74, 6) is 0.764. The zero-order valence-electron chi connectivity index (χ0n) is 15.8. The minimum atomic E-state index is -3.58. The maximum absolute atomic E-state index is 13.0. The zero-order chi connectivity index (χ0) is 18.8. The molecule has 1 N–H and O–H groups in total. The van der Waals surface area contributed by atoms with E-state index in [1.54, 1.807) is 22.5 Å². The number of carbonyl (C=O) groups excluding carboxylic acids is 1. The van der Waals surface area contributed by atoms with Gasteiger partial charge in [0.2, 0.25) is 10.0 Å². The summed E-state index contributed by atoms with van der Waals surface area (Å²) < 4.78 is 27.5. The lowest BCUT2D eigenvalue weighted by atomic mass is 9.94. The van der Waals surface area contributed by atoms with Crippen LogP contribution in [0.1, 0.15) is 51.4 Å². The summed E-state index contributed by atoms with van der Waals surface area (Å²) in [6.45, 7) is 11.2. The summed E-state index contributed by atoms with van der Waals surface area (Å²) in [6.07, 6.45) is 1.04. The largest absolute Gasteiger partial charge is 0.349 e. The van der Waals surface area contributed by atoms with Gasteiger partial charge in [-0.3, -0.25) is 4.79 Å². The maximum atomic E-state index is 13.0. The molecule has 1 aliphatic rings. The third-order valence-electron chi connectivity index (χ3n) is 4.93. The molecule has 6 heteroatoms. The summed E-state index contributed by atoms with van der Waals surface area (Å²) >= 11 is 0. The summed E-state index contributed by atoms with van der Waals surface area (Å²) in [6, 6.07) is 6.38. The highest BCUT2D eigenvalue weighted by molar-refractivity contribution is 7.89. The highest BCUT2D eigenvalue weighted by Gasteiger charge is 2.32.